The van der Waals surface area contributed by atoms with Crippen molar-refractivity contribution in [1.82, 2.24) is 15.3 Å². The number of aromatic amines is 1. The summed E-state index contributed by atoms with van der Waals surface area (Å²) in [5.74, 6) is -0.732. The molecule has 3 heterocycles. The summed E-state index contributed by atoms with van der Waals surface area (Å²) in [5.41, 5.74) is 1.10. The number of fused-ring (bicyclic) bond motifs is 1. The Balaban J connectivity index is 1.78. The van der Waals surface area contributed by atoms with Crippen LogP contribution in [0.25, 0.3) is 11.0 Å². The van der Waals surface area contributed by atoms with Crippen LogP contribution in [0, 0.1) is 12.7 Å². The molecular formula is C17H23ClFN3OSi. The van der Waals surface area contributed by atoms with Gasteiger partial charge in [-0.1, -0.05) is 43.2 Å². The maximum atomic E-state index is 14.2. The van der Waals surface area contributed by atoms with Gasteiger partial charge < -0.3 is 10.3 Å². The zero-order chi connectivity index (χ0) is 17.5. The first kappa shape index (κ1) is 17.4. The summed E-state index contributed by atoms with van der Waals surface area (Å²) in [4.78, 5) is 19.7. The highest BCUT2D eigenvalue weighted by Gasteiger charge is 2.27. The Bertz CT molecular complexity index is 790. The van der Waals surface area contributed by atoms with Crippen LogP contribution in [-0.2, 0) is 0 Å². The van der Waals surface area contributed by atoms with E-state index in [9.17, 15) is 9.18 Å². The van der Waals surface area contributed by atoms with Gasteiger partial charge in [0.05, 0.1) is 16.1 Å². The van der Waals surface area contributed by atoms with Gasteiger partial charge in [0.25, 0.3) is 5.91 Å². The van der Waals surface area contributed by atoms with E-state index in [1.165, 1.54) is 24.6 Å². The van der Waals surface area contributed by atoms with Gasteiger partial charge in [0, 0.05) is 14.1 Å². The average Bonchev–Trinajstić information content (AvgIpc) is 2.86. The fraction of sp³-hybridized carbons (Fsp3) is 0.529. The highest BCUT2D eigenvalue weighted by atomic mass is 35.5. The lowest BCUT2D eigenvalue weighted by Crippen LogP contribution is -2.35. The number of nitrogens with zero attached hydrogens (tertiary/aromatic N) is 1. The van der Waals surface area contributed by atoms with Crippen molar-refractivity contribution in [3.05, 3.63) is 28.3 Å². The summed E-state index contributed by atoms with van der Waals surface area (Å²) in [6, 6.07) is 4.24. The summed E-state index contributed by atoms with van der Waals surface area (Å²) < 4.78 is 14.2. The molecule has 2 aromatic heterocycles. The maximum absolute atomic E-state index is 14.2. The zero-order valence-electron chi connectivity index (χ0n) is 14.3. The molecule has 1 aliphatic heterocycles. The Labute approximate surface area is 147 Å². The van der Waals surface area contributed by atoms with Crippen LogP contribution in [0.5, 0.6) is 0 Å². The first-order valence-electron chi connectivity index (χ1n) is 8.42. The van der Waals surface area contributed by atoms with Crippen LogP contribution in [0.3, 0.4) is 0 Å². The summed E-state index contributed by atoms with van der Waals surface area (Å²) in [6.45, 7) is 6.47. The molecule has 1 atom stereocenters. The van der Waals surface area contributed by atoms with Gasteiger partial charge in [0.1, 0.15) is 11.3 Å². The third-order valence-electron chi connectivity index (χ3n) is 4.98. The minimum atomic E-state index is -1.09. The second-order valence-corrected chi connectivity index (χ2v) is 13.2. The molecule has 0 aliphatic carbocycles. The van der Waals surface area contributed by atoms with Gasteiger partial charge in [-0.2, -0.15) is 0 Å². The molecule has 0 aromatic carbocycles. The lowest BCUT2D eigenvalue weighted by atomic mass is 10.1. The van der Waals surface area contributed by atoms with E-state index in [4.69, 9.17) is 11.6 Å². The third-order valence-corrected chi connectivity index (χ3v) is 8.77. The van der Waals surface area contributed by atoms with Gasteiger partial charge >= 0.3 is 0 Å². The first-order chi connectivity index (χ1) is 11.3. The number of H-pyrrole nitrogens is 1. The predicted molar refractivity (Wildman–Crippen MR) is 98.0 cm³/mol. The number of rotatable bonds is 2. The number of carbonyl (C=O) groups excluding carboxylic acids is 1. The number of halogens is 2. The molecule has 0 spiro atoms. The van der Waals surface area contributed by atoms with Gasteiger partial charge in [-0.05, 0) is 25.8 Å². The van der Waals surface area contributed by atoms with Gasteiger partial charge in [-0.15, -0.1) is 0 Å². The van der Waals surface area contributed by atoms with Crippen LogP contribution in [0.1, 0.15) is 35.4 Å². The number of pyridine rings is 1. The van der Waals surface area contributed by atoms with Crippen LogP contribution >= 0.6 is 11.6 Å². The molecule has 0 unspecified atom stereocenters. The molecule has 2 N–H and O–H groups in total. The summed E-state index contributed by atoms with van der Waals surface area (Å²) in [5, 5.41) is 3.35. The van der Waals surface area contributed by atoms with Crippen LogP contribution < -0.4 is 5.32 Å². The molecule has 1 saturated heterocycles. The van der Waals surface area contributed by atoms with E-state index in [2.05, 4.69) is 28.4 Å². The van der Waals surface area contributed by atoms with Gasteiger partial charge in [0.2, 0.25) is 0 Å². The van der Waals surface area contributed by atoms with E-state index in [0.717, 1.165) is 12.8 Å². The lowest BCUT2D eigenvalue weighted by molar-refractivity contribution is 0.0930. The Morgan fingerprint density at radius 1 is 1.42 bits per heavy atom. The van der Waals surface area contributed by atoms with E-state index >= 15 is 0 Å². The number of aromatic nitrogens is 2. The number of aryl methyl sites for hydroxylation is 1. The molecule has 130 valence electrons. The largest absolute Gasteiger partial charge is 0.348 e. The van der Waals surface area contributed by atoms with Crippen LogP contribution in [0.15, 0.2) is 6.07 Å². The Hall–Kier alpha value is -1.40. The fourth-order valence-electron chi connectivity index (χ4n) is 3.38. The van der Waals surface area contributed by atoms with Gasteiger partial charge in [0.15, 0.2) is 5.82 Å². The molecule has 0 bridgehead atoms. The number of nitrogens with one attached hydrogen (secondary N) is 2. The number of hydrogen-bond donors (Lipinski definition) is 2. The van der Waals surface area contributed by atoms with E-state index in [-0.39, 0.29) is 22.4 Å². The summed E-state index contributed by atoms with van der Waals surface area (Å²) in [6.07, 6.45) is 3.21. The SMILES string of the molecule is Cc1nc2[nH]c(C(=O)N[C@@H]3CCC[Si](C)(C)CC3)cc2c(F)c1Cl. The van der Waals surface area contributed by atoms with Crippen LogP contribution in [0.4, 0.5) is 4.39 Å². The van der Waals surface area contributed by atoms with Crippen molar-refractivity contribution in [1.29, 1.82) is 0 Å². The highest BCUT2D eigenvalue weighted by molar-refractivity contribution is 6.77. The van der Waals surface area contributed by atoms with Crippen molar-refractivity contribution >= 4 is 36.6 Å². The summed E-state index contributed by atoms with van der Waals surface area (Å²) in [7, 11) is -1.09. The van der Waals surface area contributed by atoms with E-state index < -0.39 is 13.9 Å². The minimum Gasteiger partial charge on any atom is -0.348 e. The van der Waals surface area contributed by atoms with Crippen molar-refractivity contribution in [3.63, 3.8) is 0 Å². The van der Waals surface area contributed by atoms with Gasteiger partial charge in [-0.3, -0.25) is 4.79 Å². The molecule has 2 aromatic rings. The highest BCUT2D eigenvalue weighted by Crippen LogP contribution is 2.28. The molecule has 7 heteroatoms. The molecule has 24 heavy (non-hydrogen) atoms. The van der Waals surface area contributed by atoms with Gasteiger partial charge in [-0.25, -0.2) is 9.37 Å². The molecule has 0 radical (unpaired) electrons. The quantitative estimate of drug-likeness (QED) is 0.759. The first-order valence-corrected chi connectivity index (χ1v) is 12.2. The molecule has 4 nitrogen and oxygen atoms in total. The zero-order valence-corrected chi connectivity index (χ0v) is 16.1. The maximum Gasteiger partial charge on any atom is 0.267 e. The summed E-state index contributed by atoms with van der Waals surface area (Å²) >= 11 is 5.90. The minimum absolute atomic E-state index is 0.00409. The van der Waals surface area contributed by atoms with Crippen molar-refractivity contribution < 1.29 is 9.18 Å². The van der Waals surface area contributed by atoms with Crippen molar-refractivity contribution in [2.75, 3.05) is 0 Å². The lowest BCUT2D eigenvalue weighted by Gasteiger charge is -2.19. The van der Waals surface area contributed by atoms with Crippen LogP contribution in [-0.4, -0.2) is 30.0 Å². The van der Waals surface area contributed by atoms with Crippen molar-refractivity contribution in [3.8, 4) is 0 Å². The molecular weight excluding hydrogens is 345 g/mol. The molecule has 1 amide bonds. The normalized spacial score (nSPS) is 20.8. The predicted octanol–water partition coefficient (Wildman–Crippen LogP) is 4.65. The Morgan fingerprint density at radius 3 is 2.92 bits per heavy atom. The fourth-order valence-corrected chi connectivity index (χ4v) is 6.07. The van der Waals surface area contributed by atoms with Crippen molar-refractivity contribution in [2.45, 2.75) is 57.4 Å². The average molecular weight is 368 g/mol. The smallest absolute Gasteiger partial charge is 0.267 e. The Morgan fingerprint density at radius 2 is 2.17 bits per heavy atom. The monoisotopic (exact) mass is 367 g/mol. The van der Waals surface area contributed by atoms with Crippen LogP contribution in [0.2, 0.25) is 30.2 Å². The number of amides is 1. The second kappa shape index (κ2) is 6.48. The molecule has 1 aliphatic rings. The van der Waals surface area contributed by atoms with Crippen molar-refractivity contribution in [2.24, 2.45) is 0 Å². The Kier molecular flexibility index (Phi) is 4.70. The molecule has 0 saturated carbocycles. The van der Waals surface area contributed by atoms with E-state index in [1.807, 2.05) is 0 Å². The second-order valence-electron chi connectivity index (χ2n) is 7.54. The standard InChI is InChI=1S/C17H23ClFN3OSi/c1-10-14(18)15(19)12-9-13(22-16(12)20-10)17(23)21-11-5-4-7-24(2,3)8-6-11/h9,11H,4-8H2,1-3H3,(H,20,22)(H,21,23)/t11-/m1/s1. The number of carbonyl (C=O) groups is 1. The number of hydrogen-bond acceptors (Lipinski definition) is 2. The molecule has 3 rings (SSSR count). The molecule has 1 fully saturated rings. The topological polar surface area (TPSA) is 57.8 Å². The van der Waals surface area contributed by atoms with E-state index in [0.29, 0.717) is 17.0 Å². The third kappa shape index (κ3) is 3.49. The van der Waals surface area contributed by atoms with E-state index in [1.54, 1.807) is 6.92 Å².